The fraction of sp³-hybridized carbons (Fsp3) is 0.353. The Morgan fingerprint density at radius 1 is 1.19 bits per heavy atom. The van der Waals surface area contributed by atoms with Crippen molar-refractivity contribution in [3.05, 3.63) is 52.2 Å². The molecule has 112 valence electrons. The zero-order valence-electron chi connectivity index (χ0n) is 12.7. The van der Waals surface area contributed by atoms with E-state index in [-0.39, 0.29) is 11.3 Å². The molecule has 2 aromatic rings. The Hall–Kier alpha value is -1.81. The Morgan fingerprint density at radius 2 is 1.90 bits per heavy atom. The minimum atomic E-state index is -0.0528. The van der Waals surface area contributed by atoms with Gasteiger partial charge in [0.1, 0.15) is 12.4 Å². The van der Waals surface area contributed by atoms with E-state index in [0.29, 0.717) is 18.7 Å². The van der Waals surface area contributed by atoms with Crippen LogP contribution >= 0.6 is 11.3 Å². The Labute approximate surface area is 130 Å². The van der Waals surface area contributed by atoms with Gasteiger partial charge in [-0.3, -0.25) is 4.79 Å². The number of thiophene rings is 1. The van der Waals surface area contributed by atoms with Crippen LogP contribution in [0.1, 0.15) is 36.7 Å². The van der Waals surface area contributed by atoms with Crippen LogP contribution in [0.4, 0.5) is 0 Å². The quantitative estimate of drug-likeness (QED) is 0.852. The van der Waals surface area contributed by atoms with Crippen LogP contribution in [0.3, 0.4) is 0 Å². The SMILES string of the molecule is CC(C)(C)c1ccc(OCCNC(=O)c2ccsc2)cc1. The summed E-state index contributed by atoms with van der Waals surface area (Å²) in [6.07, 6.45) is 0. The lowest BCUT2D eigenvalue weighted by molar-refractivity contribution is 0.0947. The molecule has 0 atom stereocenters. The van der Waals surface area contributed by atoms with Crippen molar-refractivity contribution in [3.8, 4) is 5.75 Å². The standard InChI is InChI=1S/C17H21NO2S/c1-17(2,3)14-4-6-15(7-5-14)20-10-9-18-16(19)13-8-11-21-12-13/h4-8,11-12H,9-10H2,1-3H3,(H,18,19). The van der Waals surface area contributed by atoms with E-state index in [1.807, 2.05) is 29.0 Å². The number of nitrogens with one attached hydrogen (secondary N) is 1. The molecule has 3 nitrogen and oxygen atoms in total. The van der Waals surface area contributed by atoms with Crippen molar-refractivity contribution in [1.29, 1.82) is 0 Å². The van der Waals surface area contributed by atoms with Gasteiger partial charge >= 0.3 is 0 Å². The first-order valence-corrected chi connectivity index (χ1v) is 7.95. The fourth-order valence-corrected chi connectivity index (χ4v) is 2.52. The van der Waals surface area contributed by atoms with Crippen molar-refractivity contribution in [1.82, 2.24) is 5.32 Å². The maximum Gasteiger partial charge on any atom is 0.252 e. The Morgan fingerprint density at radius 3 is 2.48 bits per heavy atom. The predicted molar refractivity (Wildman–Crippen MR) is 87.3 cm³/mol. The van der Waals surface area contributed by atoms with E-state index in [9.17, 15) is 4.79 Å². The van der Waals surface area contributed by atoms with Crippen LogP contribution in [0.5, 0.6) is 5.75 Å². The van der Waals surface area contributed by atoms with Gasteiger partial charge in [0, 0.05) is 10.9 Å². The van der Waals surface area contributed by atoms with E-state index in [2.05, 4.69) is 38.2 Å². The van der Waals surface area contributed by atoms with Crippen LogP contribution in [0.15, 0.2) is 41.1 Å². The third-order valence-corrected chi connectivity index (χ3v) is 3.84. The highest BCUT2D eigenvalue weighted by Gasteiger charge is 2.12. The molecule has 21 heavy (non-hydrogen) atoms. The maximum atomic E-state index is 11.7. The molecule has 0 radical (unpaired) electrons. The highest BCUT2D eigenvalue weighted by Crippen LogP contribution is 2.24. The van der Waals surface area contributed by atoms with Crippen LogP contribution in [-0.4, -0.2) is 19.1 Å². The molecule has 1 N–H and O–H groups in total. The van der Waals surface area contributed by atoms with E-state index < -0.39 is 0 Å². The van der Waals surface area contributed by atoms with Crippen LogP contribution in [0.25, 0.3) is 0 Å². The summed E-state index contributed by atoms with van der Waals surface area (Å²) in [6.45, 7) is 7.51. The smallest absolute Gasteiger partial charge is 0.252 e. The topological polar surface area (TPSA) is 38.3 Å². The lowest BCUT2D eigenvalue weighted by Gasteiger charge is -2.19. The molecule has 1 aromatic carbocycles. The van der Waals surface area contributed by atoms with Crippen molar-refractivity contribution < 1.29 is 9.53 Å². The molecule has 4 heteroatoms. The summed E-state index contributed by atoms with van der Waals surface area (Å²) < 4.78 is 5.63. The Bertz CT molecular complexity index is 568. The number of hydrogen-bond acceptors (Lipinski definition) is 3. The Balaban J connectivity index is 1.75. The first-order valence-electron chi connectivity index (χ1n) is 7.00. The first kappa shape index (κ1) is 15.6. The normalized spacial score (nSPS) is 11.2. The van der Waals surface area contributed by atoms with Gasteiger partial charge in [-0.2, -0.15) is 11.3 Å². The summed E-state index contributed by atoms with van der Waals surface area (Å²) in [4.78, 5) is 11.7. The summed E-state index contributed by atoms with van der Waals surface area (Å²) in [6, 6.07) is 9.92. The molecule has 0 fully saturated rings. The zero-order valence-corrected chi connectivity index (χ0v) is 13.5. The summed E-state index contributed by atoms with van der Waals surface area (Å²) >= 11 is 1.52. The van der Waals surface area contributed by atoms with Gasteiger partial charge in [0.15, 0.2) is 0 Å². The third-order valence-electron chi connectivity index (χ3n) is 3.16. The predicted octanol–water partition coefficient (Wildman–Crippen LogP) is 3.85. The summed E-state index contributed by atoms with van der Waals surface area (Å²) in [5, 5.41) is 6.56. The maximum absolute atomic E-state index is 11.7. The van der Waals surface area contributed by atoms with Gasteiger partial charge < -0.3 is 10.1 Å². The average molecular weight is 303 g/mol. The molecular weight excluding hydrogens is 282 g/mol. The lowest BCUT2D eigenvalue weighted by Crippen LogP contribution is -2.27. The van der Waals surface area contributed by atoms with Crippen LogP contribution < -0.4 is 10.1 Å². The first-order chi connectivity index (χ1) is 9.97. The highest BCUT2D eigenvalue weighted by molar-refractivity contribution is 7.08. The molecule has 0 saturated heterocycles. The van der Waals surface area contributed by atoms with Gasteiger partial charge in [0.05, 0.1) is 6.54 Å². The summed E-state index contributed by atoms with van der Waals surface area (Å²) in [5.74, 6) is 0.774. The van der Waals surface area contributed by atoms with E-state index in [0.717, 1.165) is 5.75 Å². The van der Waals surface area contributed by atoms with E-state index in [1.54, 1.807) is 0 Å². The molecule has 1 heterocycles. The van der Waals surface area contributed by atoms with Gasteiger partial charge in [-0.25, -0.2) is 0 Å². The number of amides is 1. The van der Waals surface area contributed by atoms with Gasteiger partial charge in [-0.1, -0.05) is 32.9 Å². The second-order valence-corrected chi connectivity index (χ2v) is 6.67. The van der Waals surface area contributed by atoms with Gasteiger partial charge in [0.2, 0.25) is 0 Å². The lowest BCUT2D eigenvalue weighted by atomic mass is 9.87. The Kier molecular flexibility index (Phi) is 5.02. The second-order valence-electron chi connectivity index (χ2n) is 5.89. The van der Waals surface area contributed by atoms with Crippen molar-refractivity contribution in [2.45, 2.75) is 26.2 Å². The number of benzene rings is 1. The molecule has 0 spiro atoms. The number of hydrogen-bond donors (Lipinski definition) is 1. The minimum Gasteiger partial charge on any atom is -0.492 e. The zero-order chi connectivity index (χ0) is 15.3. The molecule has 0 aliphatic rings. The molecule has 0 aliphatic heterocycles. The van der Waals surface area contributed by atoms with Crippen LogP contribution in [-0.2, 0) is 5.41 Å². The minimum absolute atomic E-state index is 0.0528. The van der Waals surface area contributed by atoms with Crippen molar-refractivity contribution in [3.63, 3.8) is 0 Å². The molecule has 1 amide bonds. The molecular formula is C17H21NO2S. The van der Waals surface area contributed by atoms with Crippen LogP contribution in [0, 0.1) is 0 Å². The van der Waals surface area contributed by atoms with Crippen molar-refractivity contribution >= 4 is 17.2 Å². The monoisotopic (exact) mass is 303 g/mol. The van der Waals surface area contributed by atoms with Crippen molar-refractivity contribution in [2.24, 2.45) is 0 Å². The fourth-order valence-electron chi connectivity index (χ4n) is 1.88. The van der Waals surface area contributed by atoms with E-state index in [1.165, 1.54) is 16.9 Å². The number of rotatable bonds is 5. The van der Waals surface area contributed by atoms with Crippen molar-refractivity contribution in [2.75, 3.05) is 13.2 Å². The average Bonchev–Trinajstić information content (AvgIpc) is 2.97. The van der Waals surface area contributed by atoms with Gasteiger partial charge in [-0.05, 0) is 34.6 Å². The number of carbonyl (C=O) groups excluding carboxylic acids is 1. The van der Waals surface area contributed by atoms with Gasteiger partial charge in [-0.15, -0.1) is 0 Å². The third kappa shape index (κ3) is 4.60. The van der Waals surface area contributed by atoms with E-state index >= 15 is 0 Å². The largest absolute Gasteiger partial charge is 0.492 e. The van der Waals surface area contributed by atoms with Crippen LogP contribution in [0.2, 0.25) is 0 Å². The number of ether oxygens (including phenoxy) is 1. The molecule has 0 bridgehead atoms. The molecule has 0 unspecified atom stereocenters. The summed E-state index contributed by atoms with van der Waals surface area (Å²) in [5.41, 5.74) is 2.13. The number of carbonyl (C=O) groups is 1. The molecule has 0 aliphatic carbocycles. The molecule has 0 saturated carbocycles. The highest BCUT2D eigenvalue weighted by atomic mass is 32.1. The van der Waals surface area contributed by atoms with E-state index in [4.69, 9.17) is 4.74 Å². The van der Waals surface area contributed by atoms with Gasteiger partial charge in [0.25, 0.3) is 5.91 Å². The second kappa shape index (κ2) is 6.76. The molecule has 2 rings (SSSR count). The summed E-state index contributed by atoms with van der Waals surface area (Å²) in [7, 11) is 0. The molecule has 1 aromatic heterocycles.